The first kappa shape index (κ1) is 15.2. The van der Waals surface area contributed by atoms with Crippen molar-refractivity contribution >= 4 is 0 Å². The maximum Gasteiger partial charge on any atom is 0.0553 e. The molecule has 0 aliphatic heterocycles. The summed E-state index contributed by atoms with van der Waals surface area (Å²) >= 11 is 0. The molecule has 18 heavy (non-hydrogen) atoms. The van der Waals surface area contributed by atoms with Crippen LogP contribution in [-0.4, -0.2) is 16.3 Å². The van der Waals surface area contributed by atoms with Gasteiger partial charge in [-0.15, -0.1) is 0 Å². The summed E-state index contributed by atoms with van der Waals surface area (Å²) in [5.41, 5.74) is 1.73. The van der Waals surface area contributed by atoms with E-state index in [4.69, 9.17) is 0 Å². The molecular weight excluding hydrogens is 222 g/mol. The number of hydrogen-bond donors (Lipinski definition) is 1. The lowest BCUT2D eigenvalue weighted by Crippen LogP contribution is -2.25. The Balaban J connectivity index is 2.73. The van der Waals surface area contributed by atoms with Crippen LogP contribution in [0.5, 0.6) is 0 Å². The highest BCUT2D eigenvalue weighted by Gasteiger charge is 2.18. The van der Waals surface area contributed by atoms with Gasteiger partial charge in [0.15, 0.2) is 0 Å². The van der Waals surface area contributed by atoms with Crippen LogP contribution in [0, 0.1) is 5.41 Å². The molecule has 0 saturated heterocycles. The Morgan fingerprint density at radius 2 is 2.06 bits per heavy atom. The van der Waals surface area contributed by atoms with Crippen LogP contribution in [-0.2, 0) is 6.54 Å². The van der Waals surface area contributed by atoms with Gasteiger partial charge in [-0.05, 0) is 37.3 Å². The van der Waals surface area contributed by atoms with E-state index in [-0.39, 0.29) is 0 Å². The molecule has 1 heterocycles. The quantitative estimate of drug-likeness (QED) is 0.799. The van der Waals surface area contributed by atoms with E-state index in [2.05, 4.69) is 55.8 Å². The molecule has 1 aromatic rings. The fourth-order valence-electron chi connectivity index (χ4n) is 2.22. The van der Waals surface area contributed by atoms with Gasteiger partial charge < -0.3 is 5.32 Å². The number of hydrogen-bond acceptors (Lipinski definition) is 2. The van der Waals surface area contributed by atoms with E-state index in [1.807, 2.05) is 6.20 Å². The molecule has 0 aliphatic rings. The van der Waals surface area contributed by atoms with Crippen LogP contribution < -0.4 is 5.32 Å². The predicted molar refractivity (Wildman–Crippen MR) is 77.6 cm³/mol. The average molecular weight is 251 g/mol. The number of nitrogens with one attached hydrogen (secondary N) is 1. The molecule has 0 radical (unpaired) electrons. The third-order valence-corrected chi connectivity index (χ3v) is 3.18. The molecular formula is C15H29N3. The van der Waals surface area contributed by atoms with Gasteiger partial charge in [0.2, 0.25) is 0 Å². The molecule has 0 fully saturated rings. The summed E-state index contributed by atoms with van der Waals surface area (Å²) in [4.78, 5) is 0. The lowest BCUT2D eigenvalue weighted by Gasteiger charge is -2.24. The van der Waals surface area contributed by atoms with Crippen molar-refractivity contribution in [1.82, 2.24) is 15.1 Å². The Morgan fingerprint density at radius 3 is 2.61 bits per heavy atom. The van der Waals surface area contributed by atoms with Crippen molar-refractivity contribution < 1.29 is 0 Å². The fraction of sp³-hybridized carbons (Fsp3) is 0.800. The van der Waals surface area contributed by atoms with E-state index in [0.717, 1.165) is 19.5 Å². The Labute approximate surface area is 112 Å². The average Bonchev–Trinajstić information content (AvgIpc) is 2.72. The largest absolute Gasteiger partial charge is 0.309 e. The first-order valence-electron chi connectivity index (χ1n) is 7.23. The van der Waals surface area contributed by atoms with Gasteiger partial charge in [0, 0.05) is 18.8 Å². The molecule has 3 heteroatoms. The lowest BCUT2D eigenvalue weighted by atomic mass is 9.88. The zero-order valence-corrected chi connectivity index (χ0v) is 12.7. The molecule has 1 unspecified atom stereocenters. The van der Waals surface area contributed by atoms with Gasteiger partial charge in [-0.3, -0.25) is 4.68 Å². The normalized spacial score (nSPS) is 13.8. The first-order chi connectivity index (χ1) is 8.48. The Bertz CT molecular complexity index is 336. The highest BCUT2D eigenvalue weighted by atomic mass is 15.3. The fourth-order valence-corrected chi connectivity index (χ4v) is 2.22. The van der Waals surface area contributed by atoms with Crippen molar-refractivity contribution in [2.24, 2.45) is 5.41 Å². The van der Waals surface area contributed by atoms with Crippen molar-refractivity contribution in [3.63, 3.8) is 0 Å². The van der Waals surface area contributed by atoms with Crippen LogP contribution in [0.4, 0.5) is 0 Å². The van der Waals surface area contributed by atoms with Crippen LogP contribution in [0.1, 0.15) is 65.6 Å². The van der Waals surface area contributed by atoms with E-state index in [0.29, 0.717) is 11.5 Å². The number of aryl methyl sites for hydroxylation is 1. The summed E-state index contributed by atoms with van der Waals surface area (Å²) in [7, 11) is 0. The molecule has 1 atom stereocenters. The van der Waals surface area contributed by atoms with E-state index in [9.17, 15) is 0 Å². The second-order valence-electron chi connectivity index (χ2n) is 6.19. The van der Waals surface area contributed by atoms with Gasteiger partial charge in [0.25, 0.3) is 0 Å². The smallest absolute Gasteiger partial charge is 0.0553 e. The van der Waals surface area contributed by atoms with Crippen molar-refractivity contribution in [3.8, 4) is 0 Å². The molecule has 1 aromatic heterocycles. The molecule has 1 N–H and O–H groups in total. The predicted octanol–water partition coefficient (Wildman–Crippen LogP) is 3.77. The number of rotatable bonds is 7. The minimum atomic E-state index is 0.392. The molecule has 0 amide bonds. The SMILES string of the molecule is CCCn1nccc1C(CCC(C)(C)C)NCC. The number of nitrogens with zero attached hydrogens (tertiary/aromatic N) is 2. The highest BCUT2D eigenvalue weighted by molar-refractivity contribution is 5.07. The molecule has 1 rings (SSSR count). The van der Waals surface area contributed by atoms with Gasteiger partial charge in [0.05, 0.1) is 5.69 Å². The summed E-state index contributed by atoms with van der Waals surface area (Å²) < 4.78 is 2.15. The summed E-state index contributed by atoms with van der Waals surface area (Å²) in [6.07, 6.45) is 5.45. The van der Waals surface area contributed by atoms with E-state index >= 15 is 0 Å². The van der Waals surface area contributed by atoms with Crippen molar-refractivity contribution in [3.05, 3.63) is 18.0 Å². The molecule has 0 spiro atoms. The Kier molecular flexibility index (Phi) is 5.86. The number of aromatic nitrogens is 2. The third kappa shape index (κ3) is 4.81. The minimum Gasteiger partial charge on any atom is -0.309 e. The standard InChI is InChI=1S/C15H29N3/c1-6-12-18-14(9-11-17-18)13(16-7-2)8-10-15(3,4)5/h9,11,13,16H,6-8,10,12H2,1-5H3. The topological polar surface area (TPSA) is 29.9 Å². The van der Waals surface area contributed by atoms with Crippen LogP contribution in [0.15, 0.2) is 12.3 Å². The van der Waals surface area contributed by atoms with Gasteiger partial charge in [0.1, 0.15) is 0 Å². The maximum absolute atomic E-state index is 4.43. The summed E-state index contributed by atoms with van der Waals surface area (Å²) in [6, 6.07) is 2.59. The molecule has 0 saturated carbocycles. The zero-order valence-electron chi connectivity index (χ0n) is 12.7. The lowest BCUT2D eigenvalue weighted by molar-refractivity contribution is 0.326. The highest BCUT2D eigenvalue weighted by Crippen LogP contribution is 2.27. The van der Waals surface area contributed by atoms with E-state index in [1.54, 1.807) is 0 Å². The van der Waals surface area contributed by atoms with Gasteiger partial charge in [-0.2, -0.15) is 5.10 Å². The van der Waals surface area contributed by atoms with Gasteiger partial charge in [-0.25, -0.2) is 0 Å². The van der Waals surface area contributed by atoms with E-state index in [1.165, 1.54) is 18.5 Å². The van der Waals surface area contributed by atoms with Gasteiger partial charge in [-0.1, -0.05) is 34.6 Å². The van der Waals surface area contributed by atoms with Crippen LogP contribution in [0.3, 0.4) is 0 Å². The molecule has 3 nitrogen and oxygen atoms in total. The summed E-state index contributed by atoms with van der Waals surface area (Å²) in [6.45, 7) is 13.3. The molecule has 0 bridgehead atoms. The Hall–Kier alpha value is -0.830. The zero-order chi connectivity index (χ0) is 13.6. The van der Waals surface area contributed by atoms with Crippen molar-refractivity contribution in [2.75, 3.05) is 6.54 Å². The summed E-state index contributed by atoms with van der Waals surface area (Å²) in [5.74, 6) is 0. The molecule has 0 aromatic carbocycles. The second kappa shape index (κ2) is 6.93. The summed E-state index contributed by atoms with van der Waals surface area (Å²) in [5, 5.41) is 8.03. The monoisotopic (exact) mass is 251 g/mol. The minimum absolute atomic E-state index is 0.392. The second-order valence-corrected chi connectivity index (χ2v) is 6.19. The van der Waals surface area contributed by atoms with Crippen LogP contribution >= 0.6 is 0 Å². The molecule has 0 aliphatic carbocycles. The van der Waals surface area contributed by atoms with E-state index < -0.39 is 0 Å². The van der Waals surface area contributed by atoms with Crippen molar-refractivity contribution in [2.45, 2.75) is 66.5 Å². The molecule has 104 valence electrons. The third-order valence-electron chi connectivity index (χ3n) is 3.18. The van der Waals surface area contributed by atoms with Crippen LogP contribution in [0.25, 0.3) is 0 Å². The first-order valence-corrected chi connectivity index (χ1v) is 7.23. The maximum atomic E-state index is 4.43. The Morgan fingerprint density at radius 1 is 1.33 bits per heavy atom. The van der Waals surface area contributed by atoms with Gasteiger partial charge >= 0.3 is 0 Å². The van der Waals surface area contributed by atoms with Crippen LogP contribution in [0.2, 0.25) is 0 Å². The van der Waals surface area contributed by atoms with Crippen molar-refractivity contribution in [1.29, 1.82) is 0 Å².